The average Bonchev–Trinajstić information content (AvgIpc) is 2.13. The maximum absolute atomic E-state index is 11.3. The Morgan fingerprint density at radius 2 is 2.13 bits per heavy atom. The van der Waals surface area contributed by atoms with E-state index < -0.39 is 10.0 Å². The number of pyridine rings is 1. The summed E-state index contributed by atoms with van der Waals surface area (Å²) in [5.41, 5.74) is 0.153. The van der Waals surface area contributed by atoms with Crippen LogP contribution in [-0.4, -0.2) is 18.7 Å². The number of hydrogen-bond acceptors (Lipinski definition) is 3. The second-order valence-electron chi connectivity index (χ2n) is 3.00. The summed E-state index contributed by atoms with van der Waals surface area (Å²) in [6.07, 6.45) is 1.43. The third-order valence-corrected chi connectivity index (χ3v) is 3.67. The van der Waals surface area contributed by atoms with E-state index in [0.717, 1.165) is 0 Å². The lowest BCUT2D eigenvalue weighted by molar-refractivity contribution is 0.602. The van der Waals surface area contributed by atoms with Gasteiger partial charge in [0.25, 0.3) is 5.56 Å². The van der Waals surface area contributed by atoms with Gasteiger partial charge in [-0.2, -0.15) is 0 Å². The minimum absolute atomic E-state index is 0.00649. The highest BCUT2D eigenvalue weighted by atomic mass is 79.9. The van der Waals surface area contributed by atoms with Crippen LogP contribution >= 0.6 is 15.9 Å². The SMILES string of the molecule is CCS(=O)(=O)Nc1cc(Br)c(=O)n(C)c1. The molecule has 0 atom stereocenters. The lowest BCUT2D eigenvalue weighted by Crippen LogP contribution is -2.20. The second-order valence-corrected chi connectivity index (χ2v) is 5.86. The largest absolute Gasteiger partial charge is 0.316 e. The van der Waals surface area contributed by atoms with Crippen molar-refractivity contribution in [3.8, 4) is 0 Å². The molecule has 7 heteroatoms. The van der Waals surface area contributed by atoms with E-state index >= 15 is 0 Å². The van der Waals surface area contributed by atoms with Crippen molar-refractivity contribution in [1.29, 1.82) is 0 Å². The molecule has 1 N–H and O–H groups in total. The molecule has 1 heterocycles. The maximum Gasteiger partial charge on any atom is 0.264 e. The summed E-state index contributed by atoms with van der Waals surface area (Å²) in [7, 11) is -1.75. The smallest absolute Gasteiger partial charge is 0.264 e. The lowest BCUT2D eigenvalue weighted by Gasteiger charge is -2.07. The van der Waals surface area contributed by atoms with E-state index in [0.29, 0.717) is 10.2 Å². The summed E-state index contributed by atoms with van der Waals surface area (Å²) in [5, 5.41) is 0. The van der Waals surface area contributed by atoms with Gasteiger partial charge in [0, 0.05) is 13.2 Å². The first kappa shape index (κ1) is 12.3. The Kier molecular flexibility index (Phi) is 3.56. The van der Waals surface area contributed by atoms with Crippen LogP contribution in [0.3, 0.4) is 0 Å². The van der Waals surface area contributed by atoms with Crippen molar-refractivity contribution < 1.29 is 8.42 Å². The third kappa shape index (κ3) is 3.07. The Balaban J connectivity index is 3.14. The van der Waals surface area contributed by atoms with E-state index in [2.05, 4.69) is 20.7 Å². The number of halogens is 1. The molecule has 0 saturated carbocycles. The highest BCUT2D eigenvalue weighted by Gasteiger charge is 2.08. The highest BCUT2D eigenvalue weighted by Crippen LogP contribution is 2.12. The molecule has 15 heavy (non-hydrogen) atoms. The van der Waals surface area contributed by atoms with Gasteiger partial charge in [0.15, 0.2) is 0 Å². The molecule has 0 unspecified atom stereocenters. The minimum Gasteiger partial charge on any atom is -0.316 e. The van der Waals surface area contributed by atoms with Crippen molar-refractivity contribution in [3.63, 3.8) is 0 Å². The van der Waals surface area contributed by atoms with Gasteiger partial charge in [-0.15, -0.1) is 0 Å². The Bertz CT molecular complexity index is 495. The van der Waals surface area contributed by atoms with Gasteiger partial charge in [0.05, 0.1) is 15.9 Å². The van der Waals surface area contributed by atoms with Gasteiger partial charge in [-0.05, 0) is 28.9 Å². The van der Waals surface area contributed by atoms with Crippen molar-refractivity contribution in [1.82, 2.24) is 4.57 Å². The maximum atomic E-state index is 11.3. The van der Waals surface area contributed by atoms with E-state index in [-0.39, 0.29) is 11.3 Å². The summed E-state index contributed by atoms with van der Waals surface area (Å²) in [5.74, 6) is -0.00649. The van der Waals surface area contributed by atoms with Crippen molar-refractivity contribution in [2.75, 3.05) is 10.5 Å². The van der Waals surface area contributed by atoms with Crippen LogP contribution in [0.25, 0.3) is 0 Å². The normalized spacial score (nSPS) is 11.4. The second kappa shape index (κ2) is 4.36. The molecule has 0 saturated heterocycles. The first-order valence-electron chi connectivity index (χ1n) is 4.22. The highest BCUT2D eigenvalue weighted by molar-refractivity contribution is 9.10. The molecule has 0 spiro atoms. The molecular weight excluding hydrogens is 284 g/mol. The van der Waals surface area contributed by atoms with E-state index in [4.69, 9.17) is 0 Å². The number of nitrogens with one attached hydrogen (secondary N) is 1. The fourth-order valence-corrected chi connectivity index (χ4v) is 2.12. The number of aryl methyl sites for hydroxylation is 1. The van der Waals surface area contributed by atoms with Crippen LogP contribution in [0, 0.1) is 0 Å². The molecule has 5 nitrogen and oxygen atoms in total. The van der Waals surface area contributed by atoms with Crippen LogP contribution in [0.5, 0.6) is 0 Å². The van der Waals surface area contributed by atoms with E-state index in [9.17, 15) is 13.2 Å². The molecule has 0 amide bonds. The van der Waals surface area contributed by atoms with Gasteiger partial charge in [-0.1, -0.05) is 0 Å². The van der Waals surface area contributed by atoms with Crippen LogP contribution in [0.2, 0.25) is 0 Å². The number of rotatable bonds is 3. The van der Waals surface area contributed by atoms with E-state index in [1.165, 1.54) is 16.8 Å². The summed E-state index contributed by atoms with van der Waals surface area (Å²) < 4.78 is 26.5. The Labute approximate surface area is 96.3 Å². The van der Waals surface area contributed by atoms with Crippen LogP contribution < -0.4 is 10.3 Å². The van der Waals surface area contributed by atoms with Gasteiger partial charge in [0.2, 0.25) is 10.0 Å². The quantitative estimate of drug-likeness (QED) is 0.901. The predicted molar refractivity (Wildman–Crippen MR) is 62.5 cm³/mol. The first-order chi connectivity index (χ1) is 6.85. The Hall–Kier alpha value is -0.820. The number of sulfonamides is 1. The van der Waals surface area contributed by atoms with Crippen LogP contribution in [-0.2, 0) is 17.1 Å². The van der Waals surface area contributed by atoms with Gasteiger partial charge >= 0.3 is 0 Å². The third-order valence-electron chi connectivity index (χ3n) is 1.79. The molecular formula is C8H11BrN2O3S. The summed E-state index contributed by atoms with van der Waals surface area (Å²) in [6, 6.07) is 1.44. The molecule has 0 aliphatic rings. The van der Waals surface area contributed by atoms with Crippen LogP contribution in [0.4, 0.5) is 5.69 Å². The molecule has 1 rings (SSSR count). The number of aromatic nitrogens is 1. The zero-order chi connectivity index (χ0) is 11.6. The van der Waals surface area contributed by atoms with Gasteiger partial charge < -0.3 is 4.57 Å². The van der Waals surface area contributed by atoms with Crippen molar-refractivity contribution >= 4 is 31.6 Å². The van der Waals surface area contributed by atoms with Gasteiger partial charge in [0.1, 0.15) is 0 Å². The number of hydrogen-bond donors (Lipinski definition) is 1. The molecule has 0 fully saturated rings. The Morgan fingerprint density at radius 1 is 1.53 bits per heavy atom. The van der Waals surface area contributed by atoms with Crippen molar-refractivity contribution in [2.24, 2.45) is 7.05 Å². The summed E-state index contributed by atoms with van der Waals surface area (Å²) in [6.45, 7) is 1.54. The Morgan fingerprint density at radius 3 is 2.60 bits per heavy atom. The van der Waals surface area contributed by atoms with Crippen LogP contribution in [0.1, 0.15) is 6.92 Å². The molecule has 0 bridgehead atoms. The van der Waals surface area contributed by atoms with E-state index in [1.807, 2.05) is 0 Å². The molecule has 0 aliphatic carbocycles. The number of nitrogens with zero attached hydrogens (tertiary/aromatic N) is 1. The van der Waals surface area contributed by atoms with Gasteiger partial charge in [-0.25, -0.2) is 8.42 Å². The standard InChI is InChI=1S/C8H11BrN2O3S/c1-3-15(13,14)10-6-4-7(9)8(12)11(2)5-6/h4-5,10H,3H2,1-2H3. The molecule has 0 aliphatic heterocycles. The van der Waals surface area contributed by atoms with Crippen molar-refractivity contribution in [2.45, 2.75) is 6.92 Å². The number of anilines is 1. The lowest BCUT2D eigenvalue weighted by atomic mass is 10.4. The first-order valence-corrected chi connectivity index (χ1v) is 6.67. The van der Waals surface area contributed by atoms with E-state index in [1.54, 1.807) is 14.0 Å². The summed E-state index contributed by atoms with van der Waals surface area (Å²) in [4.78, 5) is 11.3. The fourth-order valence-electron chi connectivity index (χ4n) is 0.979. The molecule has 84 valence electrons. The zero-order valence-corrected chi connectivity index (χ0v) is 10.7. The fraction of sp³-hybridized carbons (Fsp3) is 0.375. The zero-order valence-electron chi connectivity index (χ0n) is 8.32. The molecule has 1 aromatic rings. The summed E-state index contributed by atoms with van der Waals surface area (Å²) >= 11 is 3.06. The van der Waals surface area contributed by atoms with Crippen LogP contribution in [0.15, 0.2) is 21.5 Å². The topological polar surface area (TPSA) is 68.2 Å². The molecule has 0 aromatic carbocycles. The van der Waals surface area contributed by atoms with Crippen molar-refractivity contribution in [3.05, 3.63) is 27.1 Å². The van der Waals surface area contributed by atoms with Gasteiger partial charge in [-0.3, -0.25) is 9.52 Å². The average molecular weight is 295 g/mol. The minimum atomic E-state index is -3.31. The monoisotopic (exact) mass is 294 g/mol. The molecule has 0 radical (unpaired) electrons. The predicted octanol–water partition coefficient (Wildman–Crippen LogP) is 0.909. The molecule has 1 aromatic heterocycles.